The molecule has 0 aliphatic heterocycles. The first-order valence-corrected chi connectivity index (χ1v) is 7.49. The second-order valence-corrected chi connectivity index (χ2v) is 5.94. The lowest BCUT2D eigenvalue weighted by atomic mass is 10.0. The highest BCUT2D eigenvalue weighted by atomic mass is 35.5. The summed E-state index contributed by atoms with van der Waals surface area (Å²) in [5.74, 6) is 0.212. The normalized spacial score (nSPS) is 16.0. The number of hydrogen-bond acceptors (Lipinski definition) is 3. The van der Waals surface area contributed by atoms with Gasteiger partial charge in [-0.1, -0.05) is 17.7 Å². The second kappa shape index (κ2) is 6.08. The topological polar surface area (TPSA) is 37.8 Å². The Morgan fingerprint density at radius 1 is 1.29 bits per heavy atom. The minimum atomic E-state index is -0.376. The van der Waals surface area contributed by atoms with Gasteiger partial charge < -0.3 is 5.32 Å². The van der Waals surface area contributed by atoms with E-state index in [0.29, 0.717) is 12.5 Å². The molecule has 1 heterocycles. The van der Waals surface area contributed by atoms with Crippen LogP contribution < -0.4 is 5.32 Å². The number of hydrogen-bond donors (Lipinski definition) is 1. The van der Waals surface area contributed by atoms with Gasteiger partial charge in [-0.3, -0.25) is 0 Å². The van der Waals surface area contributed by atoms with Crippen LogP contribution in [0.4, 0.5) is 4.39 Å². The fourth-order valence-electron chi connectivity index (χ4n) is 2.43. The molecule has 1 aromatic carbocycles. The van der Waals surface area contributed by atoms with Crippen LogP contribution >= 0.6 is 11.6 Å². The molecule has 0 spiro atoms. The number of aryl methyl sites for hydroxylation is 1. The Balaban J connectivity index is 1.72. The Kier molecular flexibility index (Phi) is 4.17. The monoisotopic (exact) mass is 305 g/mol. The van der Waals surface area contributed by atoms with Crippen molar-refractivity contribution >= 4 is 11.6 Å². The van der Waals surface area contributed by atoms with Crippen molar-refractivity contribution in [2.45, 2.75) is 32.4 Å². The van der Waals surface area contributed by atoms with Crippen LogP contribution in [0.3, 0.4) is 0 Å². The van der Waals surface area contributed by atoms with E-state index in [1.54, 1.807) is 12.1 Å². The summed E-state index contributed by atoms with van der Waals surface area (Å²) in [7, 11) is 0. The zero-order chi connectivity index (χ0) is 14.8. The summed E-state index contributed by atoms with van der Waals surface area (Å²) in [6, 6.07) is 9.06. The molecule has 5 heteroatoms. The van der Waals surface area contributed by atoms with Crippen LogP contribution in [0.2, 0.25) is 5.02 Å². The minimum absolute atomic E-state index is 0.176. The number of nitrogens with one attached hydrogen (secondary N) is 1. The van der Waals surface area contributed by atoms with E-state index in [0.717, 1.165) is 17.0 Å². The number of rotatable bonds is 5. The molecule has 3 nitrogen and oxygen atoms in total. The van der Waals surface area contributed by atoms with E-state index < -0.39 is 0 Å². The van der Waals surface area contributed by atoms with E-state index >= 15 is 0 Å². The third-order valence-electron chi connectivity index (χ3n) is 3.75. The Morgan fingerprint density at radius 3 is 2.71 bits per heavy atom. The fourth-order valence-corrected chi connectivity index (χ4v) is 2.62. The Hall–Kier alpha value is -1.52. The summed E-state index contributed by atoms with van der Waals surface area (Å²) in [6.07, 6.45) is 2.37. The van der Waals surface area contributed by atoms with E-state index in [9.17, 15) is 4.39 Å². The Morgan fingerprint density at radius 2 is 2.10 bits per heavy atom. The van der Waals surface area contributed by atoms with Gasteiger partial charge >= 0.3 is 0 Å². The average Bonchev–Trinajstić information content (AvgIpc) is 3.29. The summed E-state index contributed by atoms with van der Waals surface area (Å²) < 4.78 is 13.3. The van der Waals surface area contributed by atoms with Gasteiger partial charge in [-0.15, -0.1) is 0 Å². The van der Waals surface area contributed by atoms with Gasteiger partial charge in [-0.2, -0.15) is 10.2 Å². The summed E-state index contributed by atoms with van der Waals surface area (Å²) in [5, 5.41) is 11.9. The van der Waals surface area contributed by atoms with Crippen LogP contribution in [-0.4, -0.2) is 10.2 Å². The number of aromatic nitrogens is 2. The van der Waals surface area contributed by atoms with Crippen molar-refractivity contribution in [3.63, 3.8) is 0 Å². The fraction of sp³-hybridized carbons (Fsp3) is 0.375. The third-order valence-corrected chi connectivity index (χ3v) is 4.04. The Labute approximate surface area is 128 Å². The van der Waals surface area contributed by atoms with Crippen molar-refractivity contribution in [3.8, 4) is 0 Å². The maximum atomic E-state index is 13.3. The zero-order valence-electron chi connectivity index (χ0n) is 11.8. The molecule has 21 heavy (non-hydrogen) atoms. The summed E-state index contributed by atoms with van der Waals surface area (Å²) in [5.41, 5.74) is 2.84. The molecule has 1 aliphatic carbocycles. The van der Waals surface area contributed by atoms with Gasteiger partial charge in [0.2, 0.25) is 0 Å². The predicted octanol–water partition coefficient (Wildman–Crippen LogP) is 3.82. The molecule has 0 radical (unpaired) electrons. The SMILES string of the molecule is Cc1ccc(CNC(c2ccc(F)c(Cl)c2)C2CC2)nn1. The number of nitrogens with zero attached hydrogens (tertiary/aromatic N) is 2. The zero-order valence-corrected chi connectivity index (χ0v) is 12.6. The summed E-state index contributed by atoms with van der Waals surface area (Å²) in [4.78, 5) is 0. The highest BCUT2D eigenvalue weighted by molar-refractivity contribution is 6.30. The lowest BCUT2D eigenvalue weighted by Crippen LogP contribution is -2.23. The van der Waals surface area contributed by atoms with Gasteiger partial charge in [0.15, 0.2) is 0 Å². The molecule has 0 amide bonds. The molecule has 1 atom stereocenters. The third kappa shape index (κ3) is 3.57. The molecule has 1 aromatic heterocycles. The Bertz CT molecular complexity index is 626. The van der Waals surface area contributed by atoms with Gasteiger partial charge in [-0.05, 0) is 55.5 Å². The van der Waals surface area contributed by atoms with Crippen molar-refractivity contribution in [2.24, 2.45) is 5.92 Å². The van der Waals surface area contributed by atoms with Gasteiger partial charge in [0, 0.05) is 12.6 Å². The average molecular weight is 306 g/mol. The lowest BCUT2D eigenvalue weighted by molar-refractivity contribution is 0.474. The molecule has 0 bridgehead atoms. The maximum absolute atomic E-state index is 13.3. The maximum Gasteiger partial charge on any atom is 0.141 e. The van der Waals surface area contributed by atoms with Crippen LogP contribution in [0.25, 0.3) is 0 Å². The van der Waals surface area contributed by atoms with E-state index in [2.05, 4.69) is 15.5 Å². The van der Waals surface area contributed by atoms with Crippen LogP contribution in [0, 0.1) is 18.7 Å². The highest BCUT2D eigenvalue weighted by Gasteiger charge is 2.32. The molecule has 1 aliphatic rings. The molecule has 1 saturated carbocycles. The largest absolute Gasteiger partial charge is 0.304 e. The van der Waals surface area contributed by atoms with E-state index in [1.807, 2.05) is 19.1 Å². The van der Waals surface area contributed by atoms with Crippen molar-refractivity contribution in [1.29, 1.82) is 0 Å². The number of halogens is 2. The minimum Gasteiger partial charge on any atom is -0.304 e. The molecular weight excluding hydrogens is 289 g/mol. The summed E-state index contributed by atoms with van der Waals surface area (Å²) in [6.45, 7) is 2.56. The lowest BCUT2D eigenvalue weighted by Gasteiger charge is -2.19. The van der Waals surface area contributed by atoms with Crippen molar-refractivity contribution in [1.82, 2.24) is 15.5 Å². The first-order valence-electron chi connectivity index (χ1n) is 7.11. The molecular formula is C16H17ClFN3. The quantitative estimate of drug-likeness (QED) is 0.912. The van der Waals surface area contributed by atoms with Crippen LogP contribution in [0.1, 0.15) is 35.8 Å². The molecule has 110 valence electrons. The second-order valence-electron chi connectivity index (χ2n) is 5.54. The van der Waals surface area contributed by atoms with Crippen LogP contribution in [-0.2, 0) is 6.54 Å². The molecule has 1 N–H and O–H groups in total. The van der Waals surface area contributed by atoms with E-state index in [4.69, 9.17) is 11.6 Å². The molecule has 1 fully saturated rings. The first kappa shape index (κ1) is 14.4. The van der Waals surface area contributed by atoms with Gasteiger partial charge in [0.25, 0.3) is 0 Å². The van der Waals surface area contributed by atoms with Gasteiger partial charge in [0.1, 0.15) is 5.82 Å². The summed E-state index contributed by atoms with van der Waals surface area (Å²) >= 11 is 5.89. The van der Waals surface area contributed by atoms with Gasteiger partial charge in [0.05, 0.1) is 16.4 Å². The predicted molar refractivity (Wildman–Crippen MR) is 80.5 cm³/mol. The standard InChI is InChI=1S/C16H17ClFN3/c1-10-2-6-13(21-20-10)9-19-16(11-3-4-11)12-5-7-15(18)14(17)8-12/h2,5-8,11,16,19H,3-4,9H2,1H3. The van der Waals surface area contributed by atoms with Crippen molar-refractivity contribution in [3.05, 3.63) is 58.1 Å². The van der Waals surface area contributed by atoms with Crippen molar-refractivity contribution in [2.75, 3.05) is 0 Å². The van der Waals surface area contributed by atoms with Crippen molar-refractivity contribution < 1.29 is 4.39 Å². The molecule has 0 saturated heterocycles. The molecule has 1 unspecified atom stereocenters. The van der Waals surface area contributed by atoms with Crippen LogP contribution in [0.15, 0.2) is 30.3 Å². The molecule has 2 aromatic rings. The first-order chi connectivity index (χ1) is 10.1. The van der Waals surface area contributed by atoms with Gasteiger partial charge in [-0.25, -0.2) is 4.39 Å². The van der Waals surface area contributed by atoms with Crippen LogP contribution in [0.5, 0.6) is 0 Å². The smallest absolute Gasteiger partial charge is 0.141 e. The number of benzene rings is 1. The van der Waals surface area contributed by atoms with E-state index in [1.165, 1.54) is 18.9 Å². The molecule has 3 rings (SSSR count). The van der Waals surface area contributed by atoms with E-state index in [-0.39, 0.29) is 16.9 Å². The highest BCUT2D eigenvalue weighted by Crippen LogP contribution is 2.41.